The number of carbonyl (C=O) groups excluding carboxylic acids is 1. The molecule has 114 valence electrons. The Morgan fingerprint density at radius 3 is 2.55 bits per heavy atom. The number of carbonyl (C=O) groups is 1. The van der Waals surface area contributed by atoms with E-state index in [1.165, 1.54) is 0 Å². The summed E-state index contributed by atoms with van der Waals surface area (Å²) in [5.41, 5.74) is 2.09. The van der Waals surface area contributed by atoms with E-state index in [0.29, 0.717) is 6.61 Å². The number of nitrogens with one attached hydrogen (secondary N) is 1. The van der Waals surface area contributed by atoms with E-state index in [-0.39, 0.29) is 11.9 Å². The lowest BCUT2D eigenvalue weighted by atomic mass is 10.2. The molecule has 0 fully saturated rings. The molecule has 1 atom stereocenters. The van der Waals surface area contributed by atoms with Crippen molar-refractivity contribution in [3.63, 3.8) is 0 Å². The molecule has 0 aliphatic carbocycles. The molecular formula is C19H21NO2. The van der Waals surface area contributed by atoms with Crippen LogP contribution in [0.15, 0.2) is 60.7 Å². The summed E-state index contributed by atoms with van der Waals surface area (Å²) < 4.78 is 5.72. The Labute approximate surface area is 131 Å². The number of aryl methyl sites for hydroxylation is 1. The first-order valence-electron chi connectivity index (χ1n) is 7.37. The standard InChI is InChI=1S/C19H21NO2/c1-15-8-6-7-11-18(15)22-14-16(2)20-19(21)13-12-17-9-4-3-5-10-17/h3-13,16H,14H2,1-2H3,(H,20,21)/b13-12+/t16-/m1/s1. The van der Waals surface area contributed by atoms with Crippen LogP contribution in [0.2, 0.25) is 0 Å². The van der Waals surface area contributed by atoms with Gasteiger partial charge < -0.3 is 10.1 Å². The molecule has 0 spiro atoms. The van der Waals surface area contributed by atoms with Gasteiger partial charge in [-0.05, 0) is 37.1 Å². The number of para-hydroxylation sites is 1. The van der Waals surface area contributed by atoms with Crippen LogP contribution < -0.4 is 10.1 Å². The van der Waals surface area contributed by atoms with Crippen LogP contribution in [0.3, 0.4) is 0 Å². The lowest BCUT2D eigenvalue weighted by molar-refractivity contribution is -0.117. The van der Waals surface area contributed by atoms with Crippen LogP contribution in [0.1, 0.15) is 18.1 Å². The molecule has 2 aromatic rings. The average molecular weight is 295 g/mol. The Hall–Kier alpha value is -2.55. The summed E-state index contributed by atoms with van der Waals surface area (Å²) in [6.07, 6.45) is 3.34. The SMILES string of the molecule is Cc1ccccc1OC[C@@H](C)NC(=O)/C=C/c1ccccc1. The molecule has 1 N–H and O–H groups in total. The molecule has 0 bridgehead atoms. The minimum Gasteiger partial charge on any atom is -0.491 e. The van der Waals surface area contributed by atoms with Crippen molar-refractivity contribution in [2.45, 2.75) is 19.9 Å². The highest BCUT2D eigenvalue weighted by Gasteiger charge is 2.06. The van der Waals surface area contributed by atoms with E-state index in [9.17, 15) is 4.79 Å². The van der Waals surface area contributed by atoms with E-state index in [1.54, 1.807) is 12.2 Å². The zero-order chi connectivity index (χ0) is 15.8. The van der Waals surface area contributed by atoms with Crippen molar-refractivity contribution in [3.8, 4) is 5.75 Å². The molecule has 0 saturated heterocycles. The third-order valence-electron chi connectivity index (χ3n) is 3.20. The number of ether oxygens (including phenoxy) is 1. The zero-order valence-corrected chi connectivity index (χ0v) is 13.0. The van der Waals surface area contributed by atoms with E-state index in [2.05, 4.69) is 5.32 Å². The molecule has 2 rings (SSSR count). The van der Waals surface area contributed by atoms with Crippen molar-refractivity contribution in [1.29, 1.82) is 0 Å². The lowest BCUT2D eigenvalue weighted by Crippen LogP contribution is -2.35. The predicted octanol–water partition coefficient (Wildman–Crippen LogP) is 3.59. The van der Waals surface area contributed by atoms with Gasteiger partial charge in [0.1, 0.15) is 12.4 Å². The molecule has 0 radical (unpaired) electrons. The summed E-state index contributed by atoms with van der Waals surface area (Å²) >= 11 is 0. The van der Waals surface area contributed by atoms with Crippen LogP contribution in [0, 0.1) is 6.92 Å². The van der Waals surface area contributed by atoms with Crippen LogP contribution in [0.25, 0.3) is 6.08 Å². The molecule has 1 amide bonds. The fourth-order valence-electron chi connectivity index (χ4n) is 2.00. The molecule has 3 nitrogen and oxygen atoms in total. The van der Waals surface area contributed by atoms with Crippen molar-refractivity contribution >= 4 is 12.0 Å². The molecule has 3 heteroatoms. The first-order valence-corrected chi connectivity index (χ1v) is 7.37. The largest absolute Gasteiger partial charge is 0.491 e. The fourth-order valence-corrected chi connectivity index (χ4v) is 2.00. The van der Waals surface area contributed by atoms with E-state index >= 15 is 0 Å². The Balaban J connectivity index is 1.79. The normalized spacial score (nSPS) is 12.1. The number of hydrogen-bond acceptors (Lipinski definition) is 2. The van der Waals surface area contributed by atoms with Gasteiger partial charge in [-0.2, -0.15) is 0 Å². The van der Waals surface area contributed by atoms with Crippen LogP contribution in [0.4, 0.5) is 0 Å². The smallest absolute Gasteiger partial charge is 0.244 e. The van der Waals surface area contributed by atoms with Crippen molar-refractivity contribution in [3.05, 3.63) is 71.8 Å². The molecule has 0 aliphatic rings. The minimum atomic E-state index is -0.121. The van der Waals surface area contributed by atoms with Crippen molar-refractivity contribution in [2.24, 2.45) is 0 Å². The van der Waals surface area contributed by atoms with Crippen molar-refractivity contribution in [1.82, 2.24) is 5.32 Å². The summed E-state index contributed by atoms with van der Waals surface area (Å²) in [6.45, 7) is 4.36. The highest BCUT2D eigenvalue weighted by atomic mass is 16.5. The van der Waals surface area contributed by atoms with E-state index in [0.717, 1.165) is 16.9 Å². The molecule has 0 aromatic heterocycles. The Kier molecular flexibility index (Phi) is 5.78. The number of rotatable bonds is 6. The fraction of sp³-hybridized carbons (Fsp3) is 0.211. The monoisotopic (exact) mass is 295 g/mol. The van der Waals surface area contributed by atoms with Gasteiger partial charge >= 0.3 is 0 Å². The van der Waals surface area contributed by atoms with Crippen molar-refractivity contribution < 1.29 is 9.53 Å². The van der Waals surface area contributed by atoms with Crippen LogP contribution in [0.5, 0.6) is 5.75 Å². The summed E-state index contributed by atoms with van der Waals surface area (Å²) in [7, 11) is 0. The second-order valence-electron chi connectivity index (χ2n) is 5.23. The first-order chi connectivity index (χ1) is 10.6. The zero-order valence-electron chi connectivity index (χ0n) is 13.0. The number of amides is 1. The third-order valence-corrected chi connectivity index (χ3v) is 3.20. The van der Waals surface area contributed by atoms with Gasteiger partial charge in [0.15, 0.2) is 0 Å². The summed E-state index contributed by atoms with van der Waals surface area (Å²) in [5.74, 6) is 0.730. The van der Waals surface area contributed by atoms with Gasteiger partial charge in [0.25, 0.3) is 0 Å². The minimum absolute atomic E-state index is 0.0625. The highest BCUT2D eigenvalue weighted by Crippen LogP contribution is 2.16. The van der Waals surface area contributed by atoms with Crippen LogP contribution in [-0.4, -0.2) is 18.6 Å². The maximum atomic E-state index is 11.9. The quantitative estimate of drug-likeness (QED) is 0.827. The van der Waals surface area contributed by atoms with Gasteiger partial charge in [-0.15, -0.1) is 0 Å². The maximum Gasteiger partial charge on any atom is 0.244 e. The lowest BCUT2D eigenvalue weighted by Gasteiger charge is -2.15. The highest BCUT2D eigenvalue weighted by molar-refractivity contribution is 5.91. The second-order valence-corrected chi connectivity index (χ2v) is 5.23. The number of benzene rings is 2. The molecule has 0 unspecified atom stereocenters. The van der Waals surface area contributed by atoms with Gasteiger partial charge in [-0.25, -0.2) is 0 Å². The molecule has 22 heavy (non-hydrogen) atoms. The van der Waals surface area contributed by atoms with Crippen LogP contribution in [-0.2, 0) is 4.79 Å². The van der Waals surface area contributed by atoms with E-state index in [1.807, 2.05) is 68.4 Å². The maximum absolute atomic E-state index is 11.9. The predicted molar refractivity (Wildman–Crippen MR) is 89.8 cm³/mol. The molecule has 0 heterocycles. The van der Waals surface area contributed by atoms with Gasteiger partial charge in [0, 0.05) is 6.08 Å². The topological polar surface area (TPSA) is 38.3 Å². The summed E-state index contributed by atoms with van der Waals surface area (Å²) in [6, 6.07) is 17.5. The molecule has 0 aliphatic heterocycles. The Bertz CT molecular complexity index is 635. The number of hydrogen-bond donors (Lipinski definition) is 1. The Morgan fingerprint density at radius 1 is 1.14 bits per heavy atom. The van der Waals surface area contributed by atoms with Crippen LogP contribution >= 0.6 is 0 Å². The summed E-state index contributed by atoms with van der Waals surface area (Å²) in [5, 5.41) is 2.89. The van der Waals surface area contributed by atoms with E-state index < -0.39 is 0 Å². The summed E-state index contributed by atoms with van der Waals surface area (Å²) in [4.78, 5) is 11.9. The molecule has 0 saturated carbocycles. The van der Waals surface area contributed by atoms with Gasteiger partial charge in [-0.3, -0.25) is 4.79 Å². The Morgan fingerprint density at radius 2 is 1.82 bits per heavy atom. The van der Waals surface area contributed by atoms with Gasteiger partial charge in [-0.1, -0.05) is 48.5 Å². The second kappa shape index (κ2) is 8.03. The molecule has 2 aromatic carbocycles. The van der Waals surface area contributed by atoms with Gasteiger partial charge in [0.05, 0.1) is 6.04 Å². The van der Waals surface area contributed by atoms with E-state index in [4.69, 9.17) is 4.74 Å². The molecular weight excluding hydrogens is 274 g/mol. The van der Waals surface area contributed by atoms with Gasteiger partial charge in [0.2, 0.25) is 5.91 Å². The third kappa shape index (κ3) is 5.09. The first kappa shape index (κ1) is 15.8. The van der Waals surface area contributed by atoms with Crippen molar-refractivity contribution in [2.75, 3.05) is 6.61 Å². The average Bonchev–Trinajstić information content (AvgIpc) is 2.53.